The maximum Gasteiger partial charge on any atom is 0.238 e. The second kappa shape index (κ2) is 9.97. The Morgan fingerprint density at radius 1 is 1.03 bits per heavy atom. The lowest BCUT2D eigenvalue weighted by Gasteiger charge is -2.27. The fourth-order valence-electron chi connectivity index (χ4n) is 2.71. The summed E-state index contributed by atoms with van der Waals surface area (Å²) < 4.78 is 25.1. The molecule has 3 N–H and O–H groups in total. The molecule has 0 aliphatic carbocycles. The molecule has 156 valence electrons. The summed E-state index contributed by atoms with van der Waals surface area (Å²) in [5.74, 6) is 0. The van der Waals surface area contributed by atoms with Crippen LogP contribution in [0.3, 0.4) is 0 Å². The normalized spacial score (nSPS) is 11.2. The number of benzene rings is 2. The lowest BCUT2D eigenvalue weighted by molar-refractivity contribution is 0.598. The maximum absolute atomic E-state index is 11.6. The number of nitrogens with zero attached hydrogens (tertiary/aromatic N) is 2. The van der Waals surface area contributed by atoms with Crippen molar-refractivity contribution in [3.63, 3.8) is 0 Å². The highest BCUT2D eigenvalue weighted by molar-refractivity contribution is 9.11. The van der Waals surface area contributed by atoms with Crippen LogP contribution in [0, 0.1) is 0 Å². The second-order valence-electron chi connectivity index (χ2n) is 6.34. The number of thiocarbonyl (C=S) groups is 1. The highest BCUT2D eigenvalue weighted by atomic mass is 79.9. The fourth-order valence-corrected chi connectivity index (χ4v) is 4.72. The lowest BCUT2D eigenvalue weighted by atomic mass is 10.2. The predicted molar refractivity (Wildman–Crippen MR) is 130 cm³/mol. The molecule has 0 spiro atoms. The van der Waals surface area contributed by atoms with Gasteiger partial charge in [-0.05, 0) is 66.3 Å². The van der Waals surface area contributed by atoms with Gasteiger partial charge in [-0.2, -0.15) is 0 Å². The summed E-state index contributed by atoms with van der Waals surface area (Å²) in [6.07, 6.45) is 3.45. The van der Waals surface area contributed by atoms with Gasteiger partial charge in [-0.1, -0.05) is 37.9 Å². The summed E-state index contributed by atoms with van der Waals surface area (Å²) >= 11 is 12.8. The molecule has 6 nitrogen and oxygen atoms in total. The highest BCUT2D eigenvalue weighted by Gasteiger charge is 2.17. The predicted octanol–water partition coefficient (Wildman–Crippen LogP) is 4.34. The largest absolute Gasteiger partial charge is 0.358 e. The van der Waals surface area contributed by atoms with Gasteiger partial charge < -0.3 is 10.2 Å². The SMILES string of the molecule is NS(=O)(=O)c1ccc(N(Cc2c(Br)cccc2Br)C(=S)NCc2ccncc2)cc1. The smallest absolute Gasteiger partial charge is 0.238 e. The fraction of sp³-hybridized carbons (Fsp3) is 0.100. The number of hydrogen-bond donors (Lipinski definition) is 2. The third-order valence-electron chi connectivity index (χ3n) is 4.29. The number of rotatable bonds is 6. The van der Waals surface area contributed by atoms with E-state index in [1.165, 1.54) is 12.1 Å². The van der Waals surface area contributed by atoms with Gasteiger partial charge >= 0.3 is 0 Å². The molecule has 0 amide bonds. The van der Waals surface area contributed by atoms with Gasteiger partial charge in [0.1, 0.15) is 0 Å². The molecule has 30 heavy (non-hydrogen) atoms. The van der Waals surface area contributed by atoms with Crippen molar-refractivity contribution in [2.45, 2.75) is 18.0 Å². The molecule has 0 fully saturated rings. The molecule has 0 unspecified atom stereocenters. The monoisotopic (exact) mass is 568 g/mol. The maximum atomic E-state index is 11.6. The molecule has 0 aliphatic rings. The van der Waals surface area contributed by atoms with Crippen LogP contribution in [0.5, 0.6) is 0 Å². The van der Waals surface area contributed by atoms with Crippen LogP contribution in [-0.4, -0.2) is 18.5 Å². The van der Waals surface area contributed by atoms with E-state index in [2.05, 4.69) is 42.2 Å². The van der Waals surface area contributed by atoms with Gasteiger partial charge in [-0.3, -0.25) is 4.98 Å². The van der Waals surface area contributed by atoms with Crippen molar-refractivity contribution in [3.05, 3.63) is 87.1 Å². The van der Waals surface area contributed by atoms with Crippen molar-refractivity contribution in [1.82, 2.24) is 10.3 Å². The Kier molecular flexibility index (Phi) is 7.59. The van der Waals surface area contributed by atoms with Crippen molar-refractivity contribution < 1.29 is 8.42 Å². The van der Waals surface area contributed by atoms with Crippen LogP contribution in [0.2, 0.25) is 0 Å². The van der Waals surface area contributed by atoms with Gasteiger partial charge in [-0.15, -0.1) is 0 Å². The minimum atomic E-state index is -3.77. The number of anilines is 1. The number of aromatic nitrogens is 1. The number of nitrogens with one attached hydrogen (secondary N) is 1. The Morgan fingerprint density at radius 3 is 2.20 bits per heavy atom. The Hall–Kier alpha value is -1.85. The molecular formula is C20H18Br2N4O2S2. The van der Waals surface area contributed by atoms with E-state index in [0.717, 1.165) is 25.8 Å². The van der Waals surface area contributed by atoms with E-state index in [-0.39, 0.29) is 4.90 Å². The third kappa shape index (κ3) is 5.86. The van der Waals surface area contributed by atoms with E-state index >= 15 is 0 Å². The molecule has 0 radical (unpaired) electrons. The topological polar surface area (TPSA) is 88.3 Å². The number of sulfonamides is 1. The van der Waals surface area contributed by atoms with E-state index in [1.807, 2.05) is 35.2 Å². The first-order valence-electron chi connectivity index (χ1n) is 8.76. The number of pyridine rings is 1. The van der Waals surface area contributed by atoms with Crippen molar-refractivity contribution in [2.75, 3.05) is 4.90 Å². The summed E-state index contributed by atoms with van der Waals surface area (Å²) in [5, 5.41) is 8.98. The average Bonchev–Trinajstić information content (AvgIpc) is 2.72. The van der Waals surface area contributed by atoms with Crippen LogP contribution in [0.1, 0.15) is 11.1 Å². The number of primary sulfonamides is 1. The van der Waals surface area contributed by atoms with E-state index in [0.29, 0.717) is 18.2 Å². The van der Waals surface area contributed by atoms with Crippen molar-refractivity contribution in [3.8, 4) is 0 Å². The van der Waals surface area contributed by atoms with E-state index in [1.54, 1.807) is 24.5 Å². The Bertz CT molecular complexity index is 1120. The van der Waals surface area contributed by atoms with Crippen LogP contribution in [0.15, 0.2) is 80.8 Å². The van der Waals surface area contributed by atoms with Gasteiger partial charge in [0.05, 0.1) is 11.4 Å². The summed E-state index contributed by atoms with van der Waals surface area (Å²) in [6.45, 7) is 0.989. The van der Waals surface area contributed by atoms with Crippen LogP contribution in [0.4, 0.5) is 5.69 Å². The zero-order valence-electron chi connectivity index (χ0n) is 15.6. The van der Waals surface area contributed by atoms with Gasteiger partial charge in [-0.25, -0.2) is 13.6 Å². The Morgan fingerprint density at radius 2 is 1.63 bits per heavy atom. The Labute approximate surface area is 197 Å². The first-order valence-corrected chi connectivity index (χ1v) is 12.3. The molecule has 1 aromatic heterocycles. The first kappa shape index (κ1) is 22.8. The van der Waals surface area contributed by atoms with E-state index < -0.39 is 10.0 Å². The molecule has 0 atom stereocenters. The Balaban J connectivity index is 1.90. The molecule has 1 heterocycles. The van der Waals surface area contributed by atoms with E-state index in [4.69, 9.17) is 17.4 Å². The second-order valence-corrected chi connectivity index (χ2v) is 10.00. The zero-order chi connectivity index (χ0) is 21.7. The van der Waals surface area contributed by atoms with Gasteiger partial charge in [0.25, 0.3) is 0 Å². The molecule has 2 aromatic carbocycles. The van der Waals surface area contributed by atoms with Crippen molar-refractivity contribution in [1.29, 1.82) is 0 Å². The number of halogens is 2. The zero-order valence-corrected chi connectivity index (χ0v) is 20.4. The average molecular weight is 570 g/mol. The molecule has 10 heteroatoms. The van der Waals surface area contributed by atoms with Crippen LogP contribution < -0.4 is 15.4 Å². The highest BCUT2D eigenvalue weighted by Crippen LogP contribution is 2.29. The molecule has 0 aliphatic heterocycles. The molecule has 3 aromatic rings. The molecule has 0 saturated carbocycles. The summed E-state index contributed by atoms with van der Waals surface area (Å²) in [6, 6.07) is 16.0. The molecular weight excluding hydrogens is 552 g/mol. The standard InChI is InChI=1S/C20H18Br2N4O2S2/c21-18-2-1-3-19(22)17(18)13-26(15-4-6-16(7-5-15)30(23,27)28)20(29)25-12-14-8-10-24-11-9-14/h1-11H,12-13H2,(H,25,29)(H2,23,27,28). The van der Waals surface area contributed by atoms with E-state index in [9.17, 15) is 8.42 Å². The van der Waals surface area contributed by atoms with Crippen LogP contribution in [-0.2, 0) is 23.1 Å². The van der Waals surface area contributed by atoms with Gasteiger partial charge in [0, 0.05) is 39.1 Å². The van der Waals surface area contributed by atoms with Gasteiger partial charge in [0.2, 0.25) is 10.0 Å². The lowest BCUT2D eigenvalue weighted by Crippen LogP contribution is -2.39. The van der Waals surface area contributed by atoms with Crippen molar-refractivity contribution >= 4 is 64.9 Å². The molecule has 3 rings (SSSR count). The third-order valence-corrected chi connectivity index (χ3v) is 7.07. The summed E-state index contributed by atoms with van der Waals surface area (Å²) in [7, 11) is -3.77. The van der Waals surface area contributed by atoms with Crippen molar-refractivity contribution in [2.24, 2.45) is 5.14 Å². The van der Waals surface area contributed by atoms with Gasteiger partial charge in [0.15, 0.2) is 5.11 Å². The number of nitrogens with two attached hydrogens (primary N) is 1. The molecule has 0 saturated heterocycles. The summed E-state index contributed by atoms with van der Waals surface area (Å²) in [4.78, 5) is 5.96. The molecule has 0 bridgehead atoms. The van der Waals surface area contributed by atoms with Crippen LogP contribution in [0.25, 0.3) is 0 Å². The number of hydrogen-bond acceptors (Lipinski definition) is 4. The van der Waals surface area contributed by atoms with Crippen LogP contribution >= 0.6 is 44.1 Å². The quantitative estimate of drug-likeness (QED) is 0.429. The minimum Gasteiger partial charge on any atom is -0.358 e. The minimum absolute atomic E-state index is 0.0453. The first-order chi connectivity index (χ1) is 14.3. The summed E-state index contributed by atoms with van der Waals surface area (Å²) in [5.41, 5.74) is 2.78.